The van der Waals surface area contributed by atoms with E-state index in [4.69, 9.17) is 9.84 Å². The van der Waals surface area contributed by atoms with Gasteiger partial charge in [-0.15, -0.1) is 0 Å². The molecule has 0 aromatic rings. The van der Waals surface area contributed by atoms with Crippen molar-refractivity contribution < 1.29 is 19.4 Å². The van der Waals surface area contributed by atoms with E-state index in [1.807, 2.05) is 27.7 Å². The molecule has 0 bridgehead atoms. The zero-order valence-electron chi connectivity index (χ0n) is 15.7. The lowest BCUT2D eigenvalue weighted by atomic mass is 9.80. The van der Waals surface area contributed by atoms with Crippen molar-refractivity contribution in [3.05, 3.63) is 0 Å². The van der Waals surface area contributed by atoms with Crippen LogP contribution in [0.3, 0.4) is 0 Å². The first-order valence-corrected chi connectivity index (χ1v) is 8.40. The van der Waals surface area contributed by atoms with Gasteiger partial charge < -0.3 is 9.84 Å². The maximum Gasteiger partial charge on any atom is 0.309 e. The molecule has 0 saturated carbocycles. The smallest absolute Gasteiger partial charge is 0.309 e. The van der Waals surface area contributed by atoms with Crippen LogP contribution < -0.4 is 0 Å². The van der Waals surface area contributed by atoms with Crippen molar-refractivity contribution in [1.82, 2.24) is 0 Å². The number of hydrogen-bond acceptors (Lipinski definition) is 3. The van der Waals surface area contributed by atoms with Gasteiger partial charge in [-0.05, 0) is 44.9 Å². The zero-order valence-corrected chi connectivity index (χ0v) is 15.7. The van der Waals surface area contributed by atoms with Gasteiger partial charge in [-0.1, -0.05) is 41.5 Å². The molecule has 22 heavy (non-hydrogen) atoms. The van der Waals surface area contributed by atoms with E-state index in [1.165, 1.54) is 0 Å². The number of rotatable bonds is 8. The Bertz CT molecular complexity index is 321. The number of hydrogen-bond donors (Lipinski definition) is 1. The normalized spacial score (nSPS) is 14.8. The number of carbonyl (C=O) groups excluding carboxylic acids is 1. The van der Waals surface area contributed by atoms with Crippen LogP contribution in [0.2, 0.25) is 0 Å². The molecule has 132 valence electrons. The minimum atomic E-state index is -0.672. The summed E-state index contributed by atoms with van der Waals surface area (Å²) in [5.74, 6) is 0.329. The summed E-state index contributed by atoms with van der Waals surface area (Å²) in [6, 6.07) is 0. The van der Waals surface area contributed by atoms with Crippen LogP contribution in [0.4, 0.5) is 0 Å². The van der Waals surface area contributed by atoms with Gasteiger partial charge in [0.1, 0.15) is 0 Å². The Hall–Kier alpha value is -1.06. The molecule has 0 aliphatic carbocycles. The minimum absolute atomic E-state index is 0.0509. The third-order valence-corrected chi connectivity index (χ3v) is 3.67. The summed E-state index contributed by atoms with van der Waals surface area (Å²) in [6.07, 6.45) is 2.39. The fourth-order valence-corrected chi connectivity index (χ4v) is 2.37. The van der Waals surface area contributed by atoms with Crippen molar-refractivity contribution in [2.24, 2.45) is 23.2 Å². The third-order valence-electron chi connectivity index (χ3n) is 3.67. The number of esters is 1. The summed E-state index contributed by atoms with van der Waals surface area (Å²) in [7, 11) is 0. The van der Waals surface area contributed by atoms with Gasteiger partial charge in [-0.25, -0.2) is 0 Å². The first kappa shape index (κ1) is 23.2. The molecule has 0 aromatic heterocycles. The highest BCUT2D eigenvalue weighted by Crippen LogP contribution is 2.29. The Balaban J connectivity index is 0. The molecular weight excluding hydrogens is 280 g/mol. The number of carboxylic acid groups (broad SMARTS) is 1. The van der Waals surface area contributed by atoms with Crippen molar-refractivity contribution in [2.75, 3.05) is 6.61 Å². The topological polar surface area (TPSA) is 63.6 Å². The summed E-state index contributed by atoms with van der Waals surface area (Å²) in [5.41, 5.74) is -0.520. The molecular formula is C18H36O4. The lowest BCUT2D eigenvalue weighted by molar-refractivity contribution is -0.149. The van der Waals surface area contributed by atoms with E-state index in [1.54, 1.807) is 0 Å². The van der Waals surface area contributed by atoms with E-state index in [9.17, 15) is 9.59 Å². The quantitative estimate of drug-likeness (QED) is 0.655. The molecule has 2 atom stereocenters. The highest BCUT2D eigenvalue weighted by Gasteiger charge is 2.31. The van der Waals surface area contributed by atoms with Gasteiger partial charge in [-0.2, -0.15) is 0 Å². The molecule has 0 rings (SSSR count). The summed E-state index contributed by atoms with van der Waals surface area (Å²) in [4.78, 5) is 21.8. The number of ether oxygens (including phenoxy) is 1. The van der Waals surface area contributed by atoms with E-state index in [0.717, 1.165) is 12.8 Å². The van der Waals surface area contributed by atoms with Crippen molar-refractivity contribution in [2.45, 2.75) is 74.7 Å². The number of aliphatic carboxylic acids is 1. The van der Waals surface area contributed by atoms with Crippen molar-refractivity contribution in [3.63, 3.8) is 0 Å². The van der Waals surface area contributed by atoms with Crippen LogP contribution in [0.25, 0.3) is 0 Å². The van der Waals surface area contributed by atoms with E-state index < -0.39 is 11.4 Å². The molecule has 0 saturated heterocycles. The van der Waals surface area contributed by atoms with Crippen LogP contribution in [0.15, 0.2) is 0 Å². The average molecular weight is 316 g/mol. The Kier molecular flexibility index (Phi) is 12.1. The second-order valence-electron chi connectivity index (χ2n) is 7.10. The van der Waals surface area contributed by atoms with Crippen molar-refractivity contribution >= 4 is 11.9 Å². The molecule has 0 fully saturated rings. The van der Waals surface area contributed by atoms with Gasteiger partial charge >= 0.3 is 11.9 Å². The maximum atomic E-state index is 11.1. The van der Waals surface area contributed by atoms with Gasteiger partial charge in [-0.3, -0.25) is 9.59 Å². The van der Waals surface area contributed by atoms with Gasteiger partial charge in [0, 0.05) is 0 Å². The lowest BCUT2D eigenvalue weighted by Gasteiger charge is -2.24. The van der Waals surface area contributed by atoms with E-state index >= 15 is 0 Å². The first-order chi connectivity index (χ1) is 10.00. The summed E-state index contributed by atoms with van der Waals surface area (Å²) < 4.78 is 4.87. The molecule has 0 spiro atoms. The highest BCUT2D eigenvalue weighted by atomic mass is 16.5. The number of carboxylic acids is 1. The van der Waals surface area contributed by atoms with Crippen molar-refractivity contribution in [3.8, 4) is 0 Å². The Morgan fingerprint density at radius 2 is 1.55 bits per heavy atom. The van der Waals surface area contributed by atoms with Crippen LogP contribution in [0, 0.1) is 23.2 Å². The van der Waals surface area contributed by atoms with Gasteiger partial charge in [0.15, 0.2) is 0 Å². The minimum Gasteiger partial charge on any atom is -0.481 e. The van der Waals surface area contributed by atoms with Crippen LogP contribution >= 0.6 is 0 Å². The lowest BCUT2D eigenvalue weighted by Crippen LogP contribution is -2.28. The molecule has 4 heteroatoms. The molecule has 0 radical (unpaired) electrons. The van der Waals surface area contributed by atoms with Gasteiger partial charge in [0.2, 0.25) is 0 Å². The molecule has 0 aromatic carbocycles. The first-order valence-electron chi connectivity index (χ1n) is 8.40. The number of carbonyl (C=O) groups is 2. The fraction of sp³-hybridized carbons (Fsp3) is 0.889. The van der Waals surface area contributed by atoms with Crippen LogP contribution in [-0.2, 0) is 14.3 Å². The highest BCUT2D eigenvalue weighted by molar-refractivity contribution is 5.74. The average Bonchev–Trinajstić information content (AvgIpc) is 2.37. The molecule has 4 nitrogen and oxygen atoms in total. The SMILES string of the molecule is CCC(C)(CC(C)C)C(=O)O.CCOC(=O)C(C)CC(C)C. The summed E-state index contributed by atoms with van der Waals surface area (Å²) in [5, 5.41) is 8.88. The third kappa shape index (κ3) is 10.6. The maximum absolute atomic E-state index is 11.1. The van der Waals surface area contributed by atoms with E-state index in [-0.39, 0.29) is 11.9 Å². The van der Waals surface area contributed by atoms with Crippen molar-refractivity contribution in [1.29, 1.82) is 0 Å². The Labute approximate surface area is 136 Å². The van der Waals surface area contributed by atoms with Gasteiger partial charge in [0.05, 0.1) is 17.9 Å². The Morgan fingerprint density at radius 1 is 1.05 bits per heavy atom. The van der Waals surface area contributed by atoms with Crippen LogP contribution in [0.5, 0.6) is 0 Å². The summed E-state index contributed by atoms with van der Waals surface area (Å²) in [6.45, 7) is 16.3. The van der Waals surface area contributed by atoms with E-state index in [2.05, 4.69) is 27.7 Å². The predicted molar refractivity (Wildman–Crippen MR) is 90.7 cm³/mol. The molecule has 0 aliphatic heterocycles. The predicted octanol–water partition coefficient (Wildman–Crippen LogP) is 4.77. The molecule has 2 unspecified atom stereocenters. The monoisotopic (exact) mass is 316 g/mol. The fourth-order valence-electron chi connectivity index (χ4n) is 2.37. The molecule has 0 amide bonds. The zero-order chi connectivity index (χ0) is 17.9. The van der Waals surface area contributed by atoms with E-state index in [0.29, 0.717) is 24.9 Å². The second kappa shape index (κ2) is 11.5. The Morgan fingerprint density at radius 3 is 1.77 bits per heavy atom. The molecule has 0 heterocycles. The second-order valence-corrected chi connectivity index (χ2v) is 7.10. The molecule has 1 N–H and O–H groups in total. The standard InChI is InChI=1S/2C9H18O2/c1-5-9(4,8(10)11)6-7(2)3;1-5-11-9(10)8(4)6-7(2)3/h7H,5-6H2,1-4H3,(H,10,11);7-8H,5-6H2,1-4H3. The molecule has 0 aliphatic rings. The van der Waals surface area contributed by atoms with Crippen LogP contribution in [-0.4, -0.2) is 23.7 Å². The summed E-state index contributed by atoms with van der Waals surface area (Å²) >= 11 is 0. The largest absolute Gasteiger partial charge is 0.481 e. The van der Waals surface area contributed by atoms with Crippen LogP contribution in [0.1, 0.15) is 74.7 Å². The van der Waals surface area contributed by atoms with Gasteiger partial charge in [0.25, 0.3) is 0 Å².